The summed E-state index contributed by atoms with van der Waals surface area (Å²) < 4.78 is 0. The SMILES string of the molecule is C[C@@]12CCC[C@@](C)(C=O)[C@H]1CC[C@@]13C[C@H](CC[C@H]12)[C@H](C(=O)O)C3. The summed E-state index contributed by atoms with van der Waals surface area (Å²) in [5.74, 6) is 0.860. The monoisotopic (exact) mass is 318 g/mol. The Balaban J connectivity index is 1.71. The molecule has 3 heteroatoms. The Morgan fingerprint density at radius 2 is 1.83 bits per heavy atom. The lowest BCUT2D eigenvalue weighted by Crippen LogP contribution is -2.56. The van der Waals surface area contributed by atoms with Crippen LogP contribution in [0.2, 0.25) is 0 Å². The Morgan fingerprint density at radius 1 is 1.04 bits per heavy atom. The molecule has 0 aromatic rings. The summed E-state index contributed by atoms with van der Waals surface area (Å²) in [6.45, 7) is 4.62. The van der Waals surface area contributed by atoms with Gasteiger partial charge < -0.3 is 9.90 Å². The smallest absolute Gasteiger partial charge is 0.306 e. The average Bonchev–Trinajstić information content (AvgIpc) is 2.78. The highest BCUT2D eigenvalue weighted by molar-refractivity contribution is 5.71. The van der Waals surface area contributed by atoms with Gasteiger partial charge in [0, 0.05) is 5.41 Å². The molecule has 0 aromatic heterocycles. The molecule has 4 aliphatic carbocycles. The molecular weight excluding hydrogens is 288 g/mol. The van der Waals surface area contributed by atoms with E-state index >= 15 is 0 Å². The molecule has 3 nitrogen and oxygen atoms in total. The lowest BCUT2D eigenvalue weighted by molar-refractivity contribution is -0.157. The fourth-order valence-electron chi connectivity index (χ4n) is 7.92. The summed E-state index contributed by atoms with van der Waals surface area (Å²) in [6, 6.07) is 0. The van der Waals surface area contributed by atoms with E-state index in [4.69, 9.17) is 0 Å². The zero-order chi connectivity index (χ0) is 16.5. The molecule has 2 bridgehead atoms. The van der Waals surface area contributed by atoms with Crippen molar-refractivity contribution >= 4 is 12.3 Å². The molecule has 0 saturated heterocycles. The summed E-state index contributed by atoms with van der Waals surface area (Å²) in [7, 11) is 0. The van der Waals surface area contributed by atoms with Crippen LogP contribution in [0.25, 0.3) is 0 Å². The molecule has 23 heavy (non-hydrogen) atoms. The van der Waals surface area contributed by atoms with Gasteiger partial charge in [-0.05, 0) is 80.0 Å². The largest absolute Gasteiger partial charge is 0.481 e. The van der Waals surface area contributed by atoms with Crippen LogP contribution < -0.4 is 0 Å². The fraction of sp³-hybridized carbons (Fsp3) is 0.900. The van der Waals surface area contributed by atoms with E-state index in [1.807, 2.05) is 0 Å². The van der Waals surface area contributed by atoms with Crippen LogP contribution in [0.15, 0.2) is 0 Å². The molecular formula is C20H30O3. The first kappa shape index (κ1) is 15.7. The predicted molar refractivity (Wildman–Crippen MR) is 87.9 cm³/mol. The van der Waals surface area contributed by atoms with Gasteiger partial charge in [0.15, 0.2) is 0 Å². The molecule has 0 heterocycles. The highest BCUT2D eigenvalue weighted by atomic mass is 16.4. The molecule has 0 amide bonds. The summed E-state index contributed by atoms with van der Waals surface area (Å²) in [5.41, 5.74) is 0.346. The van der Waals surface area contributed by atoms with E-state index < -0.39 is 5.97 Å². The van der Waals surface area contributed by atoms with Crippen molar-refractivity contribution in [2.45, 2.75) is 71.6 Å². The van der Waals surface area contributed by atoms with Gasteiger partial charge in [-0.3, -0.25) is 4.79 Å². The van der Waals surface area contributed by atoms with Gasteiger partial charge in [-0.1, -0.05) is 20.3 Å². The molecule has 0 unspecified atom stereocenters. The third-order valence-electron chi connectivity index (χ3n) is 8.77. The Bertz CT molecular complexity index is 543. The average molecular weight is 318 g/mol. The minimum absolute atomic E-state index is 0.110. The second-order valence-corrected chi connectivity index (χ2v) is 9.68. The van der Waals surface area contributed by atoms with Gasteiger partial charge in [0.2, 0.25) is 0 Å². The molecule has 7 atom stereocenters. The van der Waals surface area contributed by atoms with E-state index in [9.17, 15) is 14.7 Å². The van der Waals surface area contributed by atoms with Crippen LogP contribution in [0, 0.1) is 39.9 Å². The topological polar surface area (TPSA) is 54.4 Å². The molecule has 4 rings (SSSR count). The quantitative estimate of drug-likeness (QED) is 0.772. The van der Waals surface area contributed by atoms with Crippen molar-refractivity contribution in [3.05, 3.63) is 0 Å². The highest BCUT2D eigenvalue weighted by Gasteiger charge is 2.65. The number of fused-ring (bicyclic) bond motifs is 3. The number of aldehydes is 1. The number of rotatable bonds is 2. The zero-order valence-corrected chi connectivity index (χ0v) is 14.5. The summed E-state index contributed by atoms with van der Waals surface area (Å²) in [4.78, 5) is 23.5. The maximum absolute atomic E-state index is 11.9. The Morgan fingerprint density at radius 3 is 2.52 bits per heavy atom. The van der Waals surface area contributed by atoms with Crippen LogP contribution in [0.5, 0.6) is 0 Å². The van der Waals surface area contributed by atoms with Gasteiger partial charge >= 0.3 is 5.97 Å². The molecule has 1 N–H and O–H groups in total. The molecule has 4 saturated carbocycles. The zero-order valence-electron chi connectivity index (χ0n) is 14.5. The van der Waals surface area contributed by atoms with Crippen molar-refractivity contribution in [2.24, 2.45) is 39.9 Å². The normalized spacial score (nSPS) is 54.9. The summed E-state index contributed by atoms with van der Waals surface area (Å²) in [6.07, 6.45) is 11.3. The fourth-order valence-corrected chi connectivity index (χ4v) is 7.92. The van der Waals surface area contributed by atoms with Crippen molar-refractivity contribution in [3.63, 3.8) is 0 Å². The van der Waals surface area contributed by atoms with Gasteiger partial charge in [0.25, 0.3) is 0 Å². The van der Waals surface area contributed by atoms with Gasteiger partial charge in [0.05, 0.1) is 5.92 Å². The standard InChI is InChI=1S/C20H30O3/c1-18(12-21)7-3-8-19(2)15(18)6-9-20-10-13(4-5-16(19)20)14(11-20)17(22)23/h12-16H,3-11H2,1-2H3,(H,22,23)/t13-,14+,15+,16-,18-,19+,20-/m0/s1. The second-order valence-electron chi connectivity index (χ2n) is 9.68. The van der Waals surface area contributed by atoms with Gasteiger partial charge in [-0.2, -0.15) is 0 Å². The molecule has 4 fully saturated rings. The Kier molecular flexibility index (Phi) is 3.29. The predicted octanol–water partition coefficient (Wildman–Crippen LogP) is 4.30. The number of carbonyl (C=O) groups excluding carboxylic acids is 1. The second kappa shape index (κ2) is 4.83. The summed E-state index contributed by atoms with van der Waals surface area (Å²) in [5, 5.41) is 9.62. The van der Waals surface area contributed by atoms with Crippen molar-refractivity contribution in [1.82, 2.24) is 0 Å². The minimum Gasteiger partial charge on any atom is -0.481 e. The van der Waals surface area contributed by atoms with E-state index in [0.29, 0.717) is 17.8 Å². The van der Waals surface area contributed by atoms with E-state index in [2.05, 4.69) is 13.8 Å². The third-order valence-corrected chi connectivity index (χ3v) is 8.77. The van der Waals surface area contributed by atoms with Crippen LogP contribution in [0.1, 0.15) is 71.6 Å². The molecule has 1 spiro atoms. The molecule has 0 aliphatic heterocycles. The van der Waals surface area contributed by atoms with Gasteiger partial charge in [-0.25, -0.2) is 0 Å². The number of aliphatic carboxylic acids is 1. The van der Waals surface area contributed by atoms with Gasteiger partial charge in [-0.15, -0.1) is 0 Å². The maximum atomic E-state index is 11.9. The maximum Gasteiger partial charge on any atom is 0.306 e. The Hall–Kier alpha value is -0.860. The van der Waals surface area contributed by atoms with Crippen molar-refractivity contribution in [1.29, 1.82) is 0 Å². The Labute approximate surface area is 139 Å². The van der Waals surface area contributed by atoms with Crippen molar-refractivity contribution < 1.29 is 14.7 Å². The van der Waals surface area contributed by atoms with Gasteiger partial charge in [0.1, 0.15) is 6.29 Å². The van der Waals surface area contributed by atoms with Crippen molar-refractivity contribution in [3.8, 4) is 0 Å². The van der Waals surface area contributed by atoms with E-state index in [1.54, 1.807) is 0 Å². The summed E-state index contributed by atoms with van der Waals surface area (Å²) >= 11 is 0. The molecule has 0 aromatic carbocycles. The number of carboxylic acid groups (broad SMARTS) is 1. The lowest BCUT2D eigenvalue weighted by Gasteiger charge is -2.63. The highest BCUT2D eigenvalue weighted by Crippen LogP contribution is 2.72. The van der Waals surface area contributed by atoms with E-state index in [0.717, 1.165) is 44.9 Å². The molecule has 0 radical (unpaired) electrons. The lowest BCUT2D eigenvalue weighted by atomic mass is 9.41. The van der Waals surface area contributed by atoms with Crippen LogP contribution in [-0.4, -0.2) is 17.4 Å². The first-order valence-electron chi connectivity index (χ1n) is 9.54. The van der Waals surface area contributed by atoms with Crippen molar-refractivity contribution in [2.75, 3.05) is 0 Å². The van der Waals surface area contributed by atoms with Crippen LogP contribution in [0.4, 0.5) is 0 Å². The first-order valence-corrected chi connectivity index (χ1v) is 9.54. The number of hydrogen-bond acceptors (Lipinski definition) is 2. The number of carbonyl (C=O) groups is 2. The van der Waals surface area contributed by atoms with Crippen LogP contribution in [0.3, 0.4) is 0 Å². The molecule has 4 aliphatic rings. The minimum atomic E-state index is -0.568. The van der Waals surface area contributed by atoms with Crippen LogP contribution in [-0.2, 0) is 9.59 Å². The van der Waals surface area contributed by atoms with E-state index in [1.165, 1.54) is 19.1 Å². The number of carboxylic acids is 1. The number of hydrogen-bond donors (Lipinski definition) is 1. The molecule has 128 valence electrons. The third kappa shape index (κ3) is 1.94. The van der Waals surface area contributed by atoms with Crippen LogP contribution >= 0.6 is 0 Å². The first-order chi connectivity index (χ1) is 10.8. The van der Waals surface area contributed by atoms with E-state index in [-0.39, 0.29) is 22.2 Å².